The van der Waals surface area contributed by atoms with Crippen molar-refractivity contribution in [2.45, 2.75) is 44.1 Å². The number of nitrogens with one attached hydrogen (secondary N) is 1. The summed E-state index contributed by atoms with van der Waals surface area (Å²) in [6.07, 6.45) is -8.47. The zero-order valence-electron chi connectivity index (χ0n) is 18.1. The van der Waals surface area contributed by atoms with Crippen LogP contribution in [0.25, 0.3) is 0 Å². The number of ether oxygens (including phenoxy) is 2. The lowest BCUT2D eigenvalue weighted by Crippen LogP contribution is -2.47. The molecule has 184 valence electrons. The Balaban J connectivity index is 2.05. The van der Waals surface area contributed by atoms with E-state index in [0.29, 0.717) is 0 Å². The van der Waals surface area contributed by atoms with Crippen LogP contribution < -0.4 is 10.1 Å². The molecular weight excluding hydrogens is 469 g/mol. The van der Waals surface area contributed by atoms with Gasteiger partial charge < -0.3 is 19.9 Å². The SMILES string of the molecule is COc1nc(C(F)F)ccc1C1C(C(=O)Nc2ccnc(C(=O)O)c2)OC(C)(C(F)(F)F)C1C. The second-order valence-electron chi connectivity index (χ2n) is 7.82. The first-order valence-corrected chi connectivity index (χ1v) is 9.88. The van der Waals surface area contributed by atoms with Crippen LogP contribution in [-0.2, 0) is 9.53 Å². The molecule has 0 saturated carbocycles. The van der Waals surface area contributed by atoms with Crippen LogP contribution >= 0.6 is 0 Å². The number of alkyl halides is 5. The fourth-order valence-electron chi connectivity index (χ4n) is 3.87. The van der Waals surface area contributed by atoms with E-state index in [1.54, 1.807) is 0 Å². The van der Waals surface area contributed by atoms with Crippen molar-refractivity contribution < 1.29 is 46.1 Å². The van der Waals surface area contributed by atoms with Gasteiger partial charge in [-0.3, -0.25) is 4.79 Å². The molecule has 4 unspecified atom stereocenters. The summed E-state index contributed by atoms with van der Waals surface area (Å²) in [5.74, 6) is -5.39. The van der Waals surface area contributed by atoms with E-state index in [4.69, 9.17) is 14.6 Å². The number of carbonyl (C=O) groups excluding carboxylic acids is 1. The molecule has 8 nitrogen and oxygen atoms in total. The summed E-state index contributed by atoms with van der Waals surface area (Å²) in [7, 11) is 1.12. The highest BCUT2D eigenvalue weighted by molar-refractivity contribution is 5.96. The van der Waals surface area contributed by atoms with Crippen LogP contribution in [0.1, 0.15) is 47.9 Å². The van der Waals surface area contributed by atoms with Gasteiger partial charge in [-0.05, 0) is 25.1 Å². The second kappa shape index (κ2) is 9.12. The lowest BCUT2D eigenvalue weighted by Gasteiger charge is -2.31. The predicted molar refractivity (Wildman–Crippen MR) is 107 cm³/mol. The molecular formula is C21H20F5N3O5. The van der Waals surface area contributed by atoms with Gasteiger partial charge in [-0.1, -0.05) is 13.0 Å². The summed E-state index contributed by atoms with van der Waals surface area (Å²) in [5, 5.41) is 11.4. The number of anilines is 1. The van der Waals surface area contributed by atoms with Gasteiger partial charge in [-0.15, -0.1) is 0 Å². The van der Waals surface area contributed by atoms with Crippen LogP contribution in [-0.4, -0.2) is 51.9 Å². The number of pyridine rings is 2. The molecule has 1 aliphatic rings. The van der Waals surface area contributed by atoms with Gasteiger partial charge in [0.05, 0.1) is 7.11 Å². The van der Waals surface area contributed by atoms with Gasteiger partial charge in [0.15, 0.2) is 5.60 Å². The van der Waals surface area contributed by atoms with Crippen molar-refractivity contribution in [1.29, 1.82) is 0 Å². The Morgan fingerprint density at radius 3 is 2.50 bits per heavy atom. The quantitative estimate of drug-likeness (QED) is 0.585. The molecule has 0 spiro atoms. The van der Waals surface area contributed by atoms with Gasteiger partial charge in [-0.25, -0.2) is 23.5 Å². The fraction of sp³-hybridized carbons (Fsp3) is 0.429. The number of nitrogens with zero attached hydrogens (tertiary/aromatic N) is 2. The first-order chi connectivity index (χ1) is 15.8. The summed E-state index contributed by atoms with van der Waals surface area (Å²) in [5.41, 5.74) is -3.87. The molecule has 3 rings (SSSR count). The Labute approximate surface area is 190 Å². The highest BCUT2D eigenvalue weighted by atomic mass is 19.4. The average molecular weight is 489 g/mol. The van der Waals surface area contributed by atoms with E-state index in [0.717, 1.165) is 38.4 Å². The molecule has 2 N–H and O–H groups in total. The van der Waals surface area contributed by atoms with Crippen molar-refractivity contribution in [2.24, 2.45) is 5.92 Å². The van der Waals surface area contributed by atoms with Crippen molar-refractivity contribution in [3.8, 4) is 5.88 Å². The Hall–Kier alpha value is -3.35. The van der Waals surface area contributed by atoms with E-state index in [1.165, 1.54) is 13.0 Å². The van der Waals surface area contributed by atoms with Crippen LogP contribution in [0.4, 0.5) is 27.6 Å². The molecule has 1 aliphatic heterocycles. The third-order valence-corrected chi connectivity index (χ3v) is 5.86. The van der Waals surface area contributed by atoms with Crippen LogP contribution in [0.3, 0.4) is 0 Å². The van der Waals surface area contributed by atoms with Crippen LogP contribution in [0.2, 0.25) is 0 Å². The molecule has 1 amide bonds. The summed E-state index contributed by atoms with van der Waals surface area (Å²) in [6, 6.07) is 4.35. The lowest BCUT2D eigenvalue weighted by molar-refractivity contribution is -0.272. The maximum atomic E-state index is 14.0. The largest absolute Gasteiger partial charge is 0.481 e. The summed E-state index contributed by atoms with van der Waals surface area (Å²) < 4.78 is 78.4. The minimum absolute atomic E-state index is 0.0199. The number of hydrogen-bond acceptors (Lipinski definition) is 6. The van der Waals surface area contributed by atoms with Crippen LogP contribution in [0, 0.1) is 5.92 Å². The minimum atomic E-state index is -4.88. The molecule has 4 atom stereocenters. The number of aromatic nitrogens is 2. The first-order valence-electron chi connectivity index (χ1n) is 9.88. The molecule has 2 aromatic rings. The molecule has 1 fully saturated rings. The third kappa shape index (κ3) is 4.52. The van der Waals surface area contributed by atoms with Gasteiger partial charge in [0, 0.05) is 29.3 Å². The second-order valence-corrected chi connectivity index (χ2v) is 7.82. The molecule has 0 aliphatic carbocycles. The molecule has 2 aromatic heterocycles. The molecule has 3 heterocycles. The average Bonchev–Trinajstić information content (AvgIpc) is 3.05. The van der Waals surface area contributed by atoms with Crippen molar-refractivity contribution in [3.05, 3.63) is 47.4 Å². The molecule has 0 radical (unpaired) electrons. The number of carbonyl (C=O) groups is 2. The van der Waals surface area contributed by atoms with E-state index in [9.17, 15) is 31.5 Å². The van der Waals surface area contributed by atoms with E-state index in [-0.39, 0.29) is 17.1 Å². The number of hydrogen-bond donors (Lipinski definition) is 2. The number of aromatic carboxylic acids is 1. The van der Waals surface area contributed by atoms with Crippen LogP contribution in [0.15, 0.2) is 30.5 Å². The lowest BCUT2D eigenvalue weighted by atomic mass is 9.77. The fourth-order valence-corrected chi connectivity index (χ4v) is 3.87. The van der Waals surface area contributed by atoms with E-state index >= 15 is 0 Å². The monoisotopic (exact) mass is 489 g/mol. The highest BCUT2D eigenvalue weighted by Gasteiger charge is 2.65. The Morgan fingerprint density at radius 1 is 1.26 bits per heavy atom. The molecule has 0 bridgehead atoms. The molecule has 13 heteroatoms. The standard InChI is InChI=1S/C21H20F5N3O5/c1-9-14(11-4-5-12(16(22)23)29-18(11)33-3)15(34-20(9,2)21(24,25)26)17(30)28-10-6-7-27-13(8-10)19(31)32/h4-9,14-16H,1-3H3,(H,31,32)(H,27,28,30). The third-order valence-electron chi connectivity index (χ3n) is 5.86. The maximum absolute atomic E-state index is 14.0. The maximum Gasteiger partial charge on any atom is 0.417 e. The van der Waals surface area contributed by atoms with Crippen molar-refractivity contribution in [3.63, 3.8) is 0 Å². The van der Waals surface area contributed by atoms with Gasteiger partial charge in [-0.2, -0.15) is 13.2 Å². The first kappa shape index (κ1) is 25.3. The summed E-state index contributed by atoms with van der Waals surface area (Å²) in [6.45, 7) is 2.02. The molecule has 34 heavy (non-hydrogen) atoms. The zero-order valence-corrected chi connectivity index (χ0v) is 18.1. The predicted octanol–water partition coefficient (Wildman–Crippen LogP) is 4.20. The summed E-state index contributed by atoms with van der Waals surface area (Å²) >= 11 is 0. The Morgan fingerprint density at radius 2 is 1.94 bits per heavy atom. The van der Waals surface area contributed by atoms with Crippen LogP contribution in [0.5, 0.6) is 5.88 Å². The highest BCUT2D eigenvalue weighted by Crippen LogP contribution is 2.54. The van der Waals surface area contributed by atoms with Gasteiger partial charge in [0.1, 0.15) is 17.5 Å². The zero-order chi connectivity index (χ0) is 25.4. The van der Waals surface area contributed by atoms with Crippen molar-refractivity contribution >= 4 is 17.6 Å². The van der Waals surface area contributed by atoms with Gasteiger partial charge in [0.2, 0.25) is 5.88 Å². The number of carboxylic acid groups (broad SMARTS) is 1. The smallest absolute Gasteiger partial charge is 0.417 e. The Kier molecular flexibility index (Phi) is 6.78. The van der Waals surface area contributed by atoms with Gasteiger partial charge >= 0.3 is 12.1 Å². The minimum Gasteiger partial charge on any atom is -0.481 e. The number of rotatable bonds is 6. The van der Waals surface area contributed by atoms with E-state index in [1.807, 2.05) is 0 Å². The number of carboxylic acids is 1. The number of methoxy groups -OCH3 is 1. The molecule has 1 saturated heterocycles. The Bertz CT molecular complexity index is 1100. The summed E-state index contributed by atoms with van der Waals surface area (Å²) in [4.78, 5) is 31.5. The van der Waals surface area contributed by atoms with Crippen molar-refractivity contribution in [1.82, 2.24) is 9.97 Å². The van der Waals surface area contributed by atoms with E-state index in [2.05, 4.69) is 15.3 Å². The number of amides is 1. The molecule has 0 aromatic carbocycles. The number of halogens is 5. The van der Waals surface area contributed by atoms with Gasteiger partial charge in [0.25, 0.3) is 12.3 Å². The van der Waals surface area contributed by atoms with Crippen molar-refractivity contribution in [2.75, 3.05) is 12.4 Å². The van der Waals surface area contributed by atoms with E-state index < -0.39 is 59.4 Å². The normalized spacial score (nSPS) is 24.8. The topological polar surface area (TPSA) is 111 Å².